The molecule has 0 unspecified atom stereocenters. The van der Waals surface area contributed by atoms with Gasteiger partial charge in [0.1, 0.15) is 10.6 Å². The van der Waals surface area contributed by atoms with Crippen molar-refractivity contribution in [2.45, 2.75) is 17.7 Å². The summed E-state index contributed by atoms with van der Waals surface area (Å²) in [6, 6.07) is 10.3. The van der Waals surface area contributed by atoms with Gasteiger partial charge in [-0.15, -0.1) is 0 Å². The lowest BCUT2D eigenvalue weighted by molar-refractivity contribution is -0.385. The number of carbonyl (C=O) groups is 1. The van der Waals surface area contributed by atoms with Gasteiger partial charge in [-0.1, -0.05) is 18.2 Å². The Morgan fingerprint density at radius 3 is 2.36 bits per heavy atom. The molecule has 1 aliphatic rings. The topological polar surface area (TPSA) is 107 Å². The minimum absolute atomic E-state index is 0.00933. The van der Waals surface area contributed by atoms with Crippen molar-refractivity contribution in [2.24, 2.45) is 0 Å². The zero-order chi connectivity index (χ0) is 20.3. The third-order valence-corrected chi connectivity index (χ3v) is 5.63. The van der Waals surface area contributed by atoms with Crippen LogP contribution in [0.5, 0.6) is 5.75 Å². The van der Waals surface area contributed by atoms with Crippen LogP contribution in [0, 0.1) is 10.1 Å². The first-order chi connectivity index (χ1) is 13.3. The Morgan fingerprint density at radius 1 is 1.11 bits per heavy atom. The number of piperidine rings is 1. The summed E-state index contributed by atoms with van der Waals surface area (Å²) in [7, 11) is -4.24. The Hall–Kier alpha value is -3.20. The van der Waals surface area contributed by atoms with Crippen LogP contribution in [0.15, 0.2) is 65.6 Å². The predicted molar refractivity (Wildman–Crippen MR) is 102 cm³/mol. The molecule has 0 spiro atoms. The smallest absolute Gasteiger partial charge is 0.339 e. The second kappa shape index (κ2) is 7.81. The van der Waals surface area contributed by atoms with Crippen LogP contribution >= 0.6 is 0 Å². The highest BCUT2D eigenvalue weighted by Gasteiger charge is 2.22. The van der Waals surface area contributed by atoms with Gasteiger partial charge in [-0.05, 0) is 43.2 Å². The maximum atomic E-state index is 12.5. The first-order valence-corrected chi connectivity index (χ1v) is 9.92. The van der Waals surface area contributed by atoms with Crippen molar-refractivity contribution < 1.29 is 22.3 Å². The number of benzene rings is 2. The Balaban J connectivity index is 1.73. The fourth-order valence-electron chi connectivity index (χ4n) is 2.79. The number of rotatable bonds is 5. The van der Waals surface area contributed by atoms with Crippen molar-refractivity contribution in [2.75, 3.05) is 13.1 Å². The Morgan fingerprint density at radius 2 is 1.75 bits per heavy atom. The first-order valence-electron chi connectivity index (χ1n) is 8.51. The van der Waals surface area contributed by atoms with Crippen molar-refractivity contribution in [1.82, 2.24) is 4.90 Å². The molecule has 146 valence electrons. The molecular weight excluding hydrogens is 384 g/mol. The van der Waals surface area contributed by atoms with E-state index in [2.05, 4.69) is 6.58 Å². The van der Waals surface area contributed by atoms with Gasteiger partial charge < -0.3 is 9.08 Å². The first kappa shape index (κ1) is 19.6. The van der Waals surface area contributed by atoms with Crippen LogP contribution < -0.4 is 4.18 Å². The number of nitro benzene ring substituents is 1. The second-order valence-corrected chi connectivity index (χ2v) is 7.90. The fourth-order valence-corrected chi connectivity index (χ4v) is 3.76. The summed E-state index contributed by atoms with van der Waals surface area (Å²) in [5, 5.41) is 10.8. The predicted octanol–water partition coefficient (Wildman–Crippen LogP) is 3.15. The number of amides is 1. The van der Waals surface area contributed by atoms with Gasteiger partial charge in [0.25, 0.3) is 11.6 Å². The number of non-ortho nitro benzene ring substituents is 1. The zero-order valence-electron chi connectivity index (χ0n) is 14.9. The lowest BCUT2D eigenvalue weighted by Gasteiger charge is -2.28. The van der Waals surface area contributed by atoms with Gasteiger partial charge in [-0.2, -0.15) is 8.42 Å². The van der Waals surface area contributed by atoms with E-state index in [4.69, 9.17) is 4.18 Å². The third-order valence-electron chi connectivity index (χ3n) is 4.38. The van der Waals surface area contributed by atoms with Crippen LogP contribution in [-0.2, 0) is 10.1 Å². The summed E-state index contributed by atoms with van der Waals surface area (Å²) >= 11 is 0. The van der Waals surface area contributed by atoms with Crippen LogP contribution in [0.1, 0.15) is 23.2 Å². The standard InChI is InChI=1S/C19H18N2O6S/c1-14-9-11-20(12-10-14)19(22)15-5-7-17(8-6-15)27-28(25,26)18-4-2-3-16(13-18)21(23)24/h2-8,13H,1,9-12H2. The van der Waals surface area contributed by atoms with E-state index in [1.54, 1.807) is 4.90 Å². The van der Waals surface area contributed by atoms with Crippen molar-refractivity contribution >= 4 is 21.7 Å². The van der Waals surface area contributed by atoms with Crippen LogP contribution in [0.2, 0.25) is 0 Å². The number of hydrogen-bond donors (Lipinski definition) is 0. The largest absolute Gasteiger partial charge is 0.379 e. The van der Waals surface area contributed by atoms with Gasteiger partial charge in [0.15, 0.2) is 0 Å². The van der Waals surface area contributed by atoms with E-state index in [1.165, 1.54) is 42.5 Å². The maximum Gasteiger partial charge on any atom is 0.339 e. The molecule has 0 saturated carbocycles. The monoisotopic (exact) mass is 402 g/mol. The molecule has 0 N–H and O–H groups in total. The molecular formula is C19H18N2O6S. The molecule has 0 radical (unpaired) electrons. The number of carbonyl (C=O) groups excluding carboxylic acids is 1. The van der Waals surface area contributed by atoms with Gasteiger partial charge >= 0.3 is 10.1 Å². The van der Waals surface area contributed by atoms with Gasteiger partial charge in [-0.3, -0.25) is 14.9 Å². The highest BCUT2D eigenvalue weighted by molar-refractivity contribution is 7.87. The highest BCUT2D eigenvalue weighted by atomic mass is 32.2. The number of hydrogen-bond acceptors (Lipinski definition) is 6. The lowest BCUT2D eigenvalue weighted by Crippen LogP contribution is -2.36. The Labute approximate surface area is 162 Å². The maximum absolute atomic E-state index is 12.5. The normalized spacial score (nSPS) is 14.6. The molecule has 0 aromatic heterocycles. The molecule has 1 saturated heterocycles. The molecule has 0 bridgehead atoms. The zero-order valence-corrected chi connectivity index (χ0v) is 15.7. The molecule has 9 heteroatoms. The SMILES string of the molecule is C=C1CCN(C(=O)c2ccc(OS(=O)(=O)c3cccc([N+](=O)[O-])c3)cc2)CC1. The molecule has 1 fully saturated rings. The summed E-state index contributed by atoms with van der Waals surface area (Å²) in [5.74, 6) is -0.129. The quantitative estimate of drug-likeness (QED) is 0.329. The van der Waals surface area contributed by atoms with E-state index in [9.17, 15) is 23.3 Å². The second-order valence-electron chi connectivity index (χ2n) is 6.36. The fraction of sp³-hybridized carbons (Fsp3) is 0.211. The summed E-state index contributed by atoms with van der Waals surface area (Å²) in [4.78, 5) is 24.0. The van der Waals surface area contributed by atoms with E-state index < -0.39 is 15.0 Å². The van der Waals surface area contributed by atoms with E-state index in [0.717, 1.165) is 24.5 Å². The van der Waals surface area contributed by atoms with Crippen LogP contribution in [0.4, 0.5) is 5.69 Å². The van der Waals surface area contributed by atoms with Crippen LogP contribution in [-0.4, -0.2) is 37.2 Å². The summed E-state index contributed by atoms with van der Waals surface area (Å²) < 4.78 is 29.7. The highest BCUT2D eigenvalue weighted by Crippen LogP contribution is 2.23. The lowest BCUT2D eigenvalue weighted by atomic mass is 10.0. The number of nitrogens with zero attached hydrogens (tertiary/aromatic N) is 2. The van der Waals surface area contributed by atoms with Crippen molar-refractivity contribution in [3.05, 3.63) is 76.4 Å². The van der Waals surface area contributed by atoms with Crippen LogP contribution in [0.3, 0.4) is 0 Å². The van der Waals surface area contributed by atoms with E-state index in [1.807, 2.05) is 0 Å². The summed E-state index contributed by atoms with van der Waals surface area (Å²) in [6.45, 7) is 5.13. The molecule has 2 aromatic carbocycles. The summed E-state index contributed by atoms with van der Waals surface area (Å²) in [5.41, 5.74) is 1.20. The van der Waals surface area contributed by atoms with Crippen LogP contribution in [0.25, 0.3) is 0 Å². The van der Waals surface area contributed by atoms with Gasteiger partial charge in [0, 0.05) is 30.8 Å². The number of nitro groups is 1. The summed E-state index contributed by atoms with van der Waals surface area (Å²) in [6.07, 6.45) is 1.54. The van der Waals surface area contributed by atoms with Gasteiger partial charge in [-0.25, -0.2) is 0 Å². The Bertz CT molecular complexity index is 1020. The Kier molecular flexibility index (Phi) is 5.46. The van der Waals surface area contributed by atoms with Gasteiger partial charge in [0.2, 0.25) is 0 Å². The molecule has 2 aromatic rings. The molecule has 0 atom stereocenters. The minimum Gasteiger partial charge on any atom is -0.379 e. The molecule has 1 amide bonds. The molecule has 1 heterocycles. The molecule has 28 heavy (non-hydrogen) atoms. The van der Waals surface area contributed by atoms with E-state index in [-0.39, 0.29) is 22.2 Å². The average molecular weight is 402 g/mol. The van der Waals surface area contributed by atoms with Crippen molar-refractivity contribution in [3.8, 4) is 5.75 Å². The molecule has 0 aliphatic carbocycles. The van der Waals surface area contributed by atoms with E-state index in [0.29, 0.717) is 18.7 Å². The minimum atomic E-state index is -4.24. The third kappa shape index (κ3) is 4.37. The molecule has 1 aliphatic heterocycles. The average Bonchev–Trinajstić information content (AvgIpc) is 2.68. The number of likely N-dealkylation sites (tertiary alicyclic amines) is 1. The molecule has 8 nitrogen and oxygen atoms in total. The van der Waals surface area contributed by atoms with E-state index >= 15 is 0 Å². The molecule has 3 rings (SSSR count). The van der Waals surface area contributed by atoms with Crippen molar-refractivity contribution in [3.63, 3.8) is 0 Å². The van der Waals surface area contributed by atoms with Crippen molar-refractivity contribution in [1.29, 1.82) is 0 Å². The van der Waals surface area contributed by atoms with Gasteiger partial charge in [0.05, 0.1) is 4.92 Å².